The van der Waals surface area contributed by atoms with Crippen molar-refractivity contribution in [1.29, 1.82) is 0 Å². The second-order valence-corrected chi connectivity index (χ2v) is 7.56. The fourth-order valence-corrected chi connectivity index (χ4v) is 3.62. The Labute approximate surface area is 176 Å². The number of anilines is 2. The molecular formula is C21H31F3N4O2. The number of rotatable bonds is 8. The molecule has 1 aromatic carbocycles. The van der Waals surface area contributed by atoms with E-state index in [4.69, 9.17) is 0 Å². The Morgan fingerprint density at radius 2 is 1.70 bits per heavy atom. The van der Waals surface area contributed by atoms with Crippen LogP contribution in [0, 0.1) is 0 Å². The maximum atomic E-state index is 13.2. The highest BCUT2D eigenvalue weighted by atomic mass is 19.4. The smallest absolute Gasteiger partial charge is 0.370 e. The summed E-state index contributed by atoms with van der Waals surface area (Å²) in [5.41, 5.74) is -0.0539. The zero-order valence-corrected chi connectivity index (χ0v) is 17.9. The van der Waals surface area contributed by atoms with Crippen molar-refractivity contribution in [3.63, 3.8) is 0 Å². The molecule has 2 amide bonds. The van der Waals surface area contributed by atoms with Gasteiger partial charge in [-0.15, -0.1) is 0 Å². The first kappa shape index (κ1) is 24.0. The second kappa shape index (κ2) is 10.7. The van der Waals surface area contributed by atoms with Crippen LogP contribution >= 0.6 is 0 Å². The summed E-state index contributed by atoms with van der Waals surface area (Å²) in [6.07, 6.45) is -1.48. The highest BCUT2D eigenvalue weighted by Crippen LogP contribution is 2.36. The molecule has 1 heterocycles. The van der Waals surface area contributed by atoms with Gasteiger partial charge in [-0.3, -0.25) is 14.5 Å². The van der Waals surface area contributed by atoms with Gasteiger partial charge < -0.3 is 15.1 Å². The number of likely N-dealkylation sites (N-methyl/N-ethyl adjacent to an activating group) is 2. The van der Waals surface area contributed by atoms with Crippen LogP contribution in [0.4, 0.5) is 24.5 Å². The number of benzene rings is 1. The van der Waals surface area contributed by atoms with E-state index in [1.807, 2.05) is 18.7 Å². The molecule has 9 heteroatoms. The van der Waals surface area contributed by atoms with Crippen molar-refractivity contribution in [3.8, 4) is 0 Å². The van der Waals surface area contributed by atoms with Crippen LogP contribution in [0.25, 0.3) is 0 Å². The number of nitrogens with one attached hydrogen (secondary N) is 1. The van der Waals surface area contributed by atoms with Crippen molar-refractivity contribution in [2.24, 2.45) is 0 Å². The minimum Gasteiger partial charge on any atom is -0.370 e. The molecule has 0 aromatic heterocycles. The number of piperidine rings is 1. The highest BCUT2D eigenvalue weighted by Gasteiger charge is 2.32. The predicted octanol–water partition coefficient (Wildman–Crippen LogP) is 3.43. The quantitative estimate of drug-likeness (QED) is 0.689. The van der Waals surface area contributed by atoms with Crippen molar-refractivity contribution in [3.05, 3.63) is 23.8 Å². The summed E-state index contributed by atoms with van der Waals surface area (Å²) in [5, 5.41) is 2.63. The van der Waals surface area contributed by atoms with Crippen LogP contribution < -0.4 is 10.2 Å². The fourth-order valence-electron chi connectivity index (χ4n) is 3.62. The van der Waals surface area contributed by atoms with Crippen LogP contribution in [0.3, 0.4) is 0 Å². The fraction of sp³-hybridized carbons (Fsp3) is 0.619. The molecule has 0 atom stereocenters. The molecule has 1 N–H and O–H groups in total. The van der Waals surface area contributed by atoms with E-state index in [9.17, 15) is 22.8 Å². The molecule has 0 bridgehead atoms. The van der Waals surface area contributed by atoms with Crippen LogP contribution in [0.5, 0.6) is 0 Å². The number of nitrogens with zero attached hydrogens (tertiary/aromatic N) is 3. The van der Waals surface area contributed by atoms with Gasteiger partial charge in [-0.2, -0.15) is 13.2 Å². The van der Waals surface area contributed by atoms with Crippen molar-refractivity contribution < 1.29 is 22.8 Å². The largest absolute Gasteiger partial charge is 0.416 e. The van der Waals surface area contributed by atoms with Crippen LogP contribution in [0.2, 0.25) is 0 Å². The third-order valence-corrected chi connectivity index (χ3v) is 5.23. The Morgan fingerprint density at radius 1 is 1.07 bits per heavy atom. The molecule has 0 aliphatic carbocycles. The zero-order valence-electron chi connectivity index (χ0n) is 17.9. The normalized spacial score (nSPS) is 14.7. The lowest BCUT2D eigenvalue weighted by Gasteiger charge is -2.31. The molecule has 0 saturated carbocycles. The number of hydrogen-bond donors (Lipinski definition) is 1. The van der Waals surface area contributed by atoms with Gasteiger partial charge in [0.15, 0.2) is 0 Å². The second-order valence-electron chi connectivity index (χ2n) is 7.56. The van der Waals surface area contributed by atoms with Gasteiger partial charge in [0.2, 0.25) is 11.8 Å². The molecule has 168 valence electrons. The molecule has 1 aliphatic rings. The van der Waals surface area contributed by atoms with Crippen molar-refractivity contribution >= 4 is 23.2 Å². The summed E-state index contributed by atoms with van der Waals surface area (Å²) < 4.78 is 39.6. The van der Waals surface area contributed by atoms with E-state index in [-0.39, 0.29) is 24.7 Å². The molecule has 0 spiro atoms. The third-order valence-electron chi connectivity index (χ3n) is 5.23. The van der Waals surface area contributed by atoms with Crippen LogP contribution in [-0.4, -0.2) is 67.9 Å². The number of carbonyl (C=O) groups excluding carboxylic acids is 2. The van der Waals surface area contributed by atoms with E-state index >= 15 is 0 Å². The first-order chi connectivity index (χ1) is 14.2. The predicted molar refractivity (Wildman–Crippen MR) is 112 cm³/mol. The average molecular weight is 428 g/mol. The van der Waals surface area contributed by atoms with Gasteiger partial charge in [0.05, 0.1) is 30.0 Å². The lowest BCUT2D eigenvalue weighted by atomic mass is 10.1. The van der Waals surface area contributed by atoms with Crippen molar-refractivity contribution in [1.82, 2.24) is 9.80 Å². The van der Waals surface area contributed by atoms with Gasteiger partial charge >= 0.3 is 6.18 Å². The molecule has 30 heavy (non-hydrogen) atoms. The molecule has 0 radical (unpaired) electrons. The summed E-state index contributed by atoms with van der Waals surface area (Å²) in [5.74, 6) is -0.550. The minimum atomic E-state index is -4.49. The van der Waals surface area contributed by atoms with Gasteiger partial charge in [0, 0.05) is 26.2 Å². The Morgan fingerprint density at radius 3 is 2.27 bits per heavy atom. The maximum absolute atomic E-state index is 13.2. The molecule has 2 rings (SSSR count). The number of alkyl halides is 3. The van der Waals surface area contributed by atoms with E-state index in [1.165, 1.54) is 6.07 Å². The Balaban J connectivity index is 2.12. The summed E-state index contributed by atoms with van der Waals surface area (Å²) in [6, 6.07) is 3.47. The van der Waals surface area contributed by atoms with Gasteiger partial charge in [0.25, 0.3) is 0 Å². The molecule has 1 saturated heterocycles. The lowest BCUT2D eigenvalue weighted by molar-refractivity contribution is -0.137. The number of hydrogen-bond acceptors (Lipinski definition) is 4. The molecule has 1 fully saturated rings. The minimum absolute atomic E-state index is 0.0661. The standard InChI is InChI=1S/C21H31F3N4O2/c1-4-27(5-2)20(30)15-26(3)14-19(29)25-17-13-16(21(22,23)24)9-10-18(17)28-11-7-6-8-12-28/h9-10,13H,4-8,11-12,14-15H2,1-3H3,(H,25,29). The van der Waals surface area contributed by atoms with Gasteiger partial charge in [0.1, 0.15) is 0 Å². The lowest BCUT2D eigenvalue weighted by Crippen LogP contribution is -2.41. The number of carbonyl (C=O) groups is 2. The van der Waals surface area contributed by atoms with E-state index in [0.29, 0.717) is 18.8 Å². The topological polar surface area (TPSA) is 55.9 Å². The molecule has 6 nitrogen and oxygen atoms in total. The highest BCUT2D eigenvalue weighted by molar-refractivity contribution is 5.96. The first-order valence-corrected chi connectivity index (χ1v) is 10.4. The first-order valence-electron chi connectivity index (χ1n) is 10.4. The average Bonchev–Trinajstić information content (AvgIpc) is 2.68. The summed E-state index contributed by atoms with van der Waals surface area (Å²) >= 11 is 0. The Bertz CT molecular complexity index is 729. The number of amides is 2. The zero-order chi connectivity index (χ0) is 22.3. The maximum Gasteiger partial charge on any atom is 0.416 e. The van der Waals surface area contributed by atoms with Crippen LogP contribution in [0.15, 0.2) is 18.2 Å². The van der Waals surface area contributed by atoms with E-state index in [0.717, 1.165) is 44.5 Å². The van der Waals surface area contributed by atoms with E-state index < -0.39 is 17.6 Å². The van der Waals surface area contributed by atoms with E-state index in [2.05, 4.69) is 5.32 Å². The number of halogens is 3. The van der Waals surface area contributed by atoms with Crippen LogP contribution in [0.1, 0.15) is 38.7 Å². The van der Waals surface area contributed by atoms with E-state index in [1.54, 1.807) is 16.8 Å². The SMILES string of the molecule is CCN(CC)C(=O)CN(C)CC(=O)Nc1cc(C(F)(F)F)ccc1N1CCCCC1. The molecule has 1 aliphatic heterocycles. The molecular weight excluding hydrogens is 397 g/mol. The van der Waals surface area contributed by atoms with Crippen LogP contribution in [-0.2, 0) is 15.8 Å². The van der Waals surface area contributed by atoms with Crippen molar-refractivity contribution in [2.75, 3.05) is 56.5 Å². The van der Waals surface area contributed by atoms with Gasteiger partial charge in [-0.25, -0.2) is 0 Å². The van der Waals surface area contributed by atoms with Gasteiger partial charge in [-0.05, 0) is 58.4 Å². The summed E-state index contributed by atoms with van der Waals surface area (Å²) in [4.78, 5) is 30.0. The Kier molecular flexibility index (Phi) is 8.52. The summed E-state index contributed by atoms with van der Waals surface area (Å²) in [6.45, 7) is 6.38. The monoisotopic (exact) mass is 428 g/mol. The molecule has 0 unspecified atom stereocenters. The molecule has 1 aromatic rings. The summed E-state index contributed by atoms with van der Waals surface area (Å²) in [7, 11) is 1.64. The van der Waals surface area contributed by atoms with Gasteiger partial charge in [-0.1, -0.05) is 0 Å². The van der Waals surface area contributed by atoms with Crippen molar-refractivity contribution in [2.45, 2.75) is 39.3 Å². The third kappa shape index (κ3) is 6.62. The Hall–Kier alpha value is -2.29.